The SMILES string of the molecule is ClCC(CC1CCCO1)c1ccccc1. The van der Waals surface area contributed by atoms with Crippen molar-refractivity contribution >= 4 is 11.6 Å². The number of rotatable bonds is 4. The lowest BCUT2D eigenvalue weighted by atomic mass is 9.94. The summed E-state index contributed by atoms with van der Waals surface area (Å²) in [7, 11) is 0. The molecule has 0 saturated carbocycles. The average Bonchev–Trinajstić information content (AvgIpc) is 2.80. The molecule has 0 aromatic heterocycles. The Morgan fingerprint density at radius 3 is 2.73 bits per heavy atom. The van der Waals surface area contributed by atoms with Gasteiger partial charge in [-0.05, 0) is 30.7 Å². The predicted molar refractivity (Wildman–Crippen MR) is 63.5 cm³/mol. The maximum absolute atomic E-state index is 6.02. The van der Waals surface area contributed by atoms with Gasteiger partial charge in [-0.3, -0.25) is 0 Å². The van der Waals surface area contributed by atoms with Crippen LogP contribution in [0, 0.1) is 0 Å². The van der Waals surface area contributed by atoms with Crippen LogP contribution in [0.2, 0.25) is 0 Å². The predicted octanol–water partition coefficient (Wildman–Crippen LogP) is 3.58. The van der Waals surface area contributed by atoms with Crippen molar-refractivity contribution in [3.05, 3.63) is 35.9 Å². The van der Waals surface area contributed by atoms with Crippen LogP contribution >= 0.6 is 11.6 Å². The van der Waals surface area contributed by atoms with Gasteiger partial charge < -0.3 is 4.74 Å². The number of halogens is 1. The van der Waals surface area contributed by atoms with E-state index < -0.39 is 0 Å². The molecule has 1 saturated heterocycles. The van der Waals surface area contributed by atoms with Crippen LogP contribution in [0.5, 0.6) is 0 Å². The standard InChI is InChI=1S/C13H17ClO/c14-10-12(9-13-7-4-8-15-13)11-5-2-1-3-6-11/h1-3,5-6,12-13H,4,7-10H2. The van der Waals surface area contributed by atoms with Crippen molar-refractivity contribution in [2.24, 2.45) is 0 Å². The first-order valence-corrected chi connectivity index (χ1v) is 6.16. The minimum Gasteiger partial charge on any atom is -0.378 e. The highest BCUT2D eigenvalue weighted by atomic mass is 35.5. The van der Waals surface area contributed by atoms with Gasteiger partial charge in [0.15, 0.2) is 0 Å². The molecular weight excluding hydrogens is 208 g/mol. The first-order chi connectivity index (χ1) is 7.40. The molecule has 2 unspecified atom stereocenters. The van der Waals surface area contributed by atoms with Crippen molar-refractivity contribution in [3.63, 3.8) is 0 Å². The van der Waals surface area contributed by atoms with Crippen LogP contribution in [0.1, 0.15) is 30.7 Å². The van der Waals surface area contributed by atoms with Gasteiger partial charge >= 0.3 is 0 Å². The largest absolute Gasteiger partial charge is 0.378 e. The topological polar surface area (TPSA) is 9.23 Å². The first kappa shape index (κ1) is 11.0. The Labute approximate surface area is 96.4 Å². The number of ether oxygens (including phenoxy) is 1. The second kappa shape index (κ2) is 5.53. The van der Waals surface area contributed by atoms with E-state index in [-0.39, 0.29) is 0 Å². The fourth-order valence-electron chi connectivity index (χ4n) is 2.16. The van der Waals surface area contributed by atoms with Crippen LogP contribution in [-0.2, 0) is 4.74 Å². The molecule has 1 heterocycles. The van der Waals surface area contributed by atoms with Crippen molar-refractivity contribution in [3.8, 4) is 0 Å². The van der Waals surface area contributed by atoms with E-state index in [1.54, 1.807) is 0 Å². The molecule has 2 atom stereocenters. The minimum absolute atomic E-state index is 0.425. The molecule has 0 spiro atoms. The van der Waals surface area contributed by atoms with E-state index in [2.05, 4.69) is 24.3 Å². The third-order valence-corrected chi connectivity index (χ3v) is 3.40. The van der Waals surface area contributed by atoms with Gasteiger partial charge in [0.1, 0.15) is 0 Å². The van der Waals surface area contributed by atoms with E-state index in [1.165, 1.54) is 18.4 Å². The Kier molecular flexibility index (Phi) is 4.04. The highest BCUT2D eigenvalue weighted by molar-refractivity contribution is 6.18. The Morgan fingerprint density at radius 2 is 2.13 bits per heavy atom. The molecule has 0 amide bonds. The summed E-state index contributed by atoms with van der Waals surface area (Å²) in [6.07, 6.45) is 3.89. The molecule has 1 aromatic rings. The van der Waals surface area contributed by atoms with Gasteiger partial charge in [-0.2, -0.15) is 0 Å². The lowest BCUT2D eigenvalue weighted by Crippen LogP contribution is -2.12. The van der Waals surface area contributed by atoms with E-state index in [9.17, 15) is 0 Å². The fraction of sp³-hybridized carbons (Fsp3) is 0.538. The van der Waals surface area contributed by atoms with Crippen LogP contribution in [0.3, 0.4) is 0 Å². The monoisotopic (exact) mass is 224 g/mol. The summed E-state index contributed by atoms with van der Waals surface area (Å²) < 4.78 is 5.65. The van der Waals surface area contributed by atoms with Crippen LogP contribution in [0.25, 0.3) is 0 Å². The maximum Gasteiger partial charge on any atom is 0.0582 e. The average molecular weight is 225 g/mol. The second-order valence-corrected chi connectivity index (χ2v) is 4.44. The van der Waals surface area contributed by atoms with Crippen LogP contribution in [-0.4, -0.2) is 18.6 Å². The summed E-state index contributed by atoms with van der Waals surface area (Å²) >= 11 is 6.02. The second-order valence-electron chi connectivity index (χ2n) is 4.13. The summed E-state index contributed by atoms with van der Waals surface area (Å²) in [4.78, 5) is 0. The lowest BCUT2D eigenvalue weighted by molar-refractivity contribution is 0.0995. The smallest absolute Gasteiger partial charge is 0.0582 e. The molecule has 2 heteroatoms. The van der Waals surface area contributed by atoms with Crippen LogP contribution in [0.4, 0.5) is 0 Å². The Hall–Kier alpha value is -0.530. The van der Waals surface area contributed by atoms with E-state index in [4.69, 9.17) is 16.3 Å². The van der Waals surface area contributed by atoms with Gasteiger partial charge in [0.2, 0.25) is 0 Å². The maximum atomic E-state index is 6.02. The van der Waals surface area contributed by atoms with Gasteiger partial charge in [0.25, 0.3) is 0 Å². The van der Waals surface area contributed by atoms with Gasteiger partial charge in [-0.1, -0.05) is 30.3 Å². The molecule has 1 fully saturated rings. The summed E-state index contributed by atoms with van der Waals surface area (Å²) in [5, 5.41) is 0. The molecule has 0 bridgehead atoms. The highest BCUT2D eigenvalue weighted by Crippen LogP contribution is 2.27. The van der Waals surface area contributed by atoms with Gasteiger partial charge in [-0.15, -0.1) is 11.6 Å². The summed E-state index contributed by atoms with van der Waals surface area (Å²) in [5.74, 6) is 1.13. The molecule has 0 N–H and O–H groups in total. The molecule has 2 rings (SSSR count). The summed E-state index contributed by atoms with van der Waals surface area (Å²) in [5.41, 5.74) is 1.34. The molecule has 1 nitrogen and oxygen atoms in total. The zero-order valence-corrected chi connectivity index (χ0v) is 9.62. The van der Waals surface area contributed by atoms with E-state index >= 15 is 0 Å². The number of benzene rings is 1. The molecule has 0 aliphatic carbocycles. The zero-order chi connectivity index (χ0) is 10.5. The molecule has 82 valence electrons. The van der Waals surface area contributed by atoms with Crippen LogP contribution in [0.15, 0.2) is 30.3 Å². The third kappa shape index (κ3) is 2.96. The molecular formula is C13H17ClO. The fourth-order valence-corrected chi connectivity index (χ4v) is 2.47. The van der Waals surface area contributed by atoms with Crippen LogP contribution < -0.4 is 0 Å². The quantitative estimate of drug-likeness (QED) is 0.711. The van der Waals surface area contributed by atoms with Crippen molar-refractivity contribution in [1.82, 2.24) is 0 Å². The van der Waals surface area contributed by atoms with Gasteiger partial charge in [-0.25, -0.2) is 0 Å². The minimum atomic E-state index is 0.425. The van der Waals surface area contributed by atoms with Crippen molar-refractivity contribution < 1.29 is 4.74 Å². The molecule has 15 heavy (non-hydrogen) atoms. The number of alkyl halides is 1. The number of hydrogen-bond donors (Lipinski definition) is 0. The van der Waals surface area contributed by atoms with E-state index in [0.717, 1.165) is 13.0 Å². The summed E-state index contributed by atoms with van der Waals surface area (Å²) in [6.45, 7) is 0.925. The van der Waals surface area contributed by atoms with E-state index in [1.807, 2.05) is 6.07 Å². The van der Waals surface area contributed by atoms with Crippen molar-refractivity contribution in [2.45, 2.75) is 31.3 Å². The normalized spacial score (nSPS) is 22.9. The Bertz CT molecular complexity index is 280. The van der Waals surface area contributed by atoms with Crippen molar-refractivity contribution in [1.29, 1.82) is 0 Å². The molecule has 1 aliphatic heterocycles. The Morgan fingerprint density at radius 1 is 1.33 bits per heavy atom. The van der Waals surface area contributed by atoms with E-state index in [0.29, 0.717) is 17.9 Å². The summed E-state index contributed by atoms with van der Waals surface area (Å²) in [6, 6.07) is 10.5. The number of hydrogen-bond acceptors (Lipinski definition) is 1. The zero-order valence-electron chi connectivity index (χ0n) is 8.86. The van der Waals surface area contributed by atoms with Gasteiger partial charge in [0, 0.05) is 12.5 Å². The Balaban J connectivity index is 1.97. The third-order valence-electron chi connectivity index (χ3n) is 3.03. The lowest BCUT2D eigenvalue weighted by Gasteiger charge is -2.18. The molecule has 1 aromatic carbocycles. The van der Waals surface area contributed by atoms with Crippen molar-refractivity contribution in [2.75, 3.05) is 12.5 Å². The molecule has 0 radical (unpaired) electrons. The first-order valence-electron chi connectivity index (χ1n) is 5.62. The van der Waals surface area contributed by atoms with Gasteiger partial charge in [0.05, 0.1) is 6.10 Å². The highest BCUT2D eigenvalue weighted by Gasteiger charge is 2.21. The molecule has 1 aliphatic rings.